The Kier molecular flexibility index (Phi) is 5.65. The SMILES string of the molecule is CC(C)N(N)C(=N)c1cccc(NC(=O)c2ccc3c(c2)C(=O)N(C(C)C)C3)n1. The lowest BCUT2D eigenvalue weighted by Crippen LogP contribution is -2.43. The number of benzene rings is 1. The molecule has 2 heterocycles. The molecule has 0 radical (unpaired) electrons. The van der Waals surface area contributed by atoms with Crippen molar-refractivity contribution < 1.29 is 9.59 Å². The van der Waals surface area contributed by atoms with Gasteiger partial charge in [-0.25, -0.2) is 10.8 Å². The summed E-state index contributed by atoms with van der Waals surface area (Å²) < 4.78 is 0. The Morgan fingerprint density at radius 3 is 2.62 bits per heavy atom. The van der Waals surface area contributed by atoms with Crippen molar-refractivity contribution in [2.45, 2.75) is 46.3 Å². The first-order chi connectivity index (χ1) is 13.7. The lowest BCUT2D eigenvalue weighted by molar-refractivity contribution is 0.0730. The van der Waals surface area contributed by atoms with Crippen molar-refractivity contribution in [3.63, 3.8) is 0 Å². The second kappa shape index (κ2) is 8.00. The average molecular weight is 394 g/mol. The summed E-state index contributed by atoms with van der Waals surface area (Å²) in [6.45, 7) is 8.24. The Morgan fingerprint density at radius 2 is 1.97 bits per heavy atom. The number of pyridine rings is 1. The molecule has 2 aromatic rings. The molecule has 0 saturated carbocycles. The molecule has 3 rings (SSSR count). The van der Waals surface area contributed by atoms with Crippen molar-refractivity contribution in [1.82, 2.24) is 14.9 Å². The fourth-order valence-electron chi connectivity index (χ4n) is 3.10. The lowest BCUT2D eigenvalue weighted by Gasteiger charge is -2.23. The minimum atomic E-state index is -0.367. The highest BCUT2D eigenvalue weighted by molar-refractivity contribution is 6.07. The number of amidine groups is 1. The van der Waals surface area contributed by atoms with Gasteiger partial charge < -0.3 is 10.2 Å². The maximum absolute atomic E-state index is 12.7. The van der Waals surface area contributed by atoms with Crippen LogP contribution in [0.15, 0.2) is 36.4 Å². The van der Waals surface area contributed by atoms with Crippen LogP contribution in [0.2, 0.25) is 0 Å². The summed E-state index contributed by atoms with van der Waals surface area (Å²) in [5.74, 6) is 5.82. The molecule has 4 N–H and O–H groups in total. The van der Waals surface area contributed by atoms with E-state index in [1.165, 1.54) is 5.01 Å². The van der Waals surface area contributed by atoms with Crippen LogP contribution in [0.1, 0.15) is 59.7 Å². The predicted molar refractivity (Wildman–Crippen MR) is 112 cm³/mol. The smallest absolute Gasteiger partial charge is 0.256 e. The second-order valence-corrected chi connectivity index (χ2v) is 7.61. The third-order valence-electron chi connectivity index (χ3n) is 4.88. The summed E-state index contributed by atoms with van der Waals surface area (Å²) in [6, 6.07) is 10.2. The van der Waals surface area contributed by atoms with Crippen LogP contribution in [-0.4, -0.2) is 44.6 Å². The third-order valence-corrected chi connectivity index (χ3v) is 4.88. The fourth-order valence-corrected chi connectivity index (χ4v) is 3.10. The van der Waals surface area contributed by atoms with E-state index in [1.54, 1.807) is 35.2 Å². The average Bonchev–Trinajstić information content (AvgIpc) is 3.03. The van der Waals surface area contributed by atoms with Crippen LogP contribution in [0.25, 0.3) is 0 Å². The molecule has 8 heteroatoms. The van der Waals surface area contributed by atoms with E-state index < -0.39 is 0 Å². The number of fused-ring (bicyclic) bond motifs is 1. The summed E-state index contributed by atoms with van der Waals surface area (Å²) >= 11 is 0. The Hall–Kier alpha value is -3.26. The molecule has 1 aromatic heterocycles. The van der Waals surface area contributed by atoms with E-state index in [0.717, 1.165) is 5.56 Å². The molecule has 0 atom stereocenters. The molecule has 0 spiro atoms. The van der Waals surface area contributed by atoms with Gasteiger partial charge in [0, 0.05) is 29.8 Å². The van der Waals surface area contributed by atoms with Gasteiger partial charge in [0.1, 0.15) is 11.5 Å². The summed E-state index contributed by atoms with van der Waals surface area (Å²) in [5, 5.41) is 12.2. The number of carbonyl (C=O) groups is 2. The first-order valence-corrected chi connectivity index (χ1v) is 9.54. The summed E-state index contributed by atoms with van der Waals surface area (Å²) in [4.78, 5) is 31.3. The van der Waals surface area contributed by atoms with Gasteiger partial charge in [0.05, 0.1) is 0 Å². The van der Waals surface area contributed by atoms with Gasteiger partial charge in [0.25, 0.3) is 11.8 Å². The second-order valence-electron chi connectivity index (χ2n) is 7.61. The Bertz CT molecular complexity index is 969. The van der Waals surface area contributed by atoms with Gasteiger partial charge in [-0.2, -0.15) is 0 Å². The highest BCUT2D eigenvalue weighted by atomic mass is 16.2. The number of amides is 2. The number of nitrogens with zero attached hydrogens (tertiary/aromatic N) is 3. The molecule has 0 bridgehead atoms. The zero-order valence-corrected chi connectivity index (χ0v) is 17.1. The van der Waals surface area contributed by atoms with Gasteiger partial charge in [-0.3, -0.25) is 20.0 Å². The van der Waals surface area contributed by atoms with E-state index in [9.17, 15) is 9.59 Å². The van der Waals surface area contributed by atoms with Crippen LogP contribution >= 0.6 is 0 Å². The molecule has 8 nitrogen and oxygen atoms in total. The molecular formula is C21H26N6O2. The molecule has 29 heavy (non-hydrogen) atoms. The first-order valence-electron chi connectivity index (χ1n) is 9.54. The minimum absolute atomic E-state index is 0.0584. The fraction of sp³-hybridized carbons (Fsp3) is 0.333. The van der Waals surface area contributed by atoms with Crippen molar-refractivity contribution in [2.24, 2.45) is 5.84 Å². The van der Waals surface area contributed by atoms with Crippen molar-refractivity contribution in [1.29, 1.82) is 5.41 Å². The third kappa shape index (κ3) is 4.12. The summed E-state index contributed by atoms with van der Waals surface area (Å²) in [6.07, 6.45) is 0. The predicted octanol–water partition coefficient (Wildman–Crippen LogP) is 2.61. The van der Waals surface area contributed by atoms with E-state index in [-0.39, 0.29) is 29.7 Å². The van der Waals surface area contributed by atoms with E-state index in [2.05, 4.69) is 10.3 Å². The largest absolute Gasteiger partial charge is 0.332 e. The van der Waals surface area contributed by atoms with Gasteiger partial charge in [-0.1, -0.05) is 12.1 Å². The van der Waals surface area contributed by atoms with Crippen molar-refractivity contribution in [3.05, 3.63) is 58.8 Å². The minimum Gasteiger partial charge on any atom is -0.332 e. The number of nitrogens with one attached hydrogen (secondary N) is 2. The molecular weight excluding hydrogens is 368 g/mol. The topological polar surface area (TPSA) is 115 Å². The number of anilines is 1. The van der Waals surface area contributed by atoms with Crippen molar-refractivity contribution in [2.75, 3.05) is 5.32 Å². The highest BCUT2D eigenvalue weighted by Gasteiger charge is 2.29. The number of hydrogen-bond donors (Lipinski definition) is 3. The molecule has 2 amide bonds. The molecule has 0 aliphatic carbocycles. The van der Waals surface area contributed by atoms with E-state index in [4.69, 9.17) is 11.3 Å². The standard InChI is InChI=1S/C21H26N6O2/c1-12(2)26-11-15-9-8-14(10-16(15)21(26)29)20(28)25-18-7-5-6-17(24-18)19(22)27(23)13(3)4/h5-10,12-13,22H,11,23H2,1-4H3,(H,24,25,28). The van der Waals surface area contributed by atoms with Crippen molar-refractivity contribution in [3.8, 4) is 0 Å². The van der Waals surface area contributed by atoms with Crippen LogP contribution in [0.3, 0.4) is 0 Å². The number of carbonyl (C=O) groups excluding carboxylic acids is 2. The number of hydrazine groups is 1. The Balaban J connectivity index is 1.78. The van der Waals surface area contributed by atoms with Crippen LogP contribution in [0.4, 0.5) is 5.82 Å². The Labute approximate surface area is 170 Å². The zero-order valence-electron chi connectivity index (χ0n) is 17.1. The van der Waals surface area contributed by atoms with Gasteiger partial charge in [-0.05, 0) is 57.5 Å². The lowest BCUT2D eigenvalue weighted by atomic mass is 10.1. The first kappa shape index (κ1) is 20.5. The van der Waals surface area contributed by atoms with E-state index in [1.807, 2.05) is 33.8 Å². The van der Waals surface area contributed by atoms with Gasteiger partial charge in [0.15, 0.2) is 5.84 Å². The normalized spacial score (nSPS) is 13.1. The number of nitrogens with two attached hydrogens (primary N) is 1. The van der Waals surface area contributed by atoms with E-state index >= 15 is 0 Å². The van der Waals surface area contributed by atoms with Gasteiger partial charge >= 0.3 is 0 Å². The molecule has 1 aliphatic rings. The number of hydrogen-bond acceptors (Lipinski definition) is 5. The van der Waals surface area contributed by atoms with Crippen LogP contribution in [-0.2, 0) is 6.54 Å². The maximum Gasteiger partial charge on any atom is 0.256 e. The quantitative estimate of drug-likeness (QED) is 0.312. The monoisotopic (exact) mass is 394 g/mol. The van der Waals surface area contributed by atoms with E-state index in [0.29, 0.717) is 29.2 Å². The van der Waals surface area contributed by atoms with Crippen LogP contribution in [0.5, 0.6) is 0 Å². The van der Waals surface area contributed by atoms with Gasteiger partial charge in [-0.15, -0.1) is 0 Å². The Morgan fingerprint density at radius 1 is 1.24 bits per heavy atom. The molecule has 1 aromatic carbocycles. The molecule has 0 fully saturated rings. The van der Waals surface area contributed by atoms with Crippen LogP contribution in [0, 0.1) is 5.41 Å². The molecule has 1 aliphatic heterocycles. The summed E-state index contributed by atoms with van der Waals surface area (Å²) in [7, 11) is 0. The van der Waals surface area contributed by atoms with Gasteiger partial charge in [0.2, 0.25) is 0 Å². The summed E-state index contributed by atoms with van der Waals surface area (Å²) in [5.41, 5.74) is 2.22. The highest BCUT2D eigenvalue weighted by Crippen LogP contribution is 2.26. The maximum atomic E-state index is 12.7. The number of rotatable bonds is 5. The van der Waals surface area contributed by atoms with Crippen LogP contribution < -0.4 is 11.2 Å². The number of aromatic nitrogens is 1. The molecule has 0 saturated heterocycles. The van der Waals surface area contributed by atoms with Crippen molar-refractivity contribution >= 4 is 23.5 Å². The molecule has 152 valence electrons. The molecule has 0 unspecified atom stereocenters. The zero-order chi connectivity index (χ0) is 21.3.